The second kappa shape index (κ2) is 5.98. The van der Waals surface area contributed by atoms with Crippen molar-refractivity contribution in [1.82, 2.24) is 0 Å². The molecule has 1 atom stereocenters. The Morgan fingerprint density at radius 1 is 1.05 bits per heavy atom. The highest BCUT2D eigenvalue weighted by atomic mass is 79.9. The number of aliphatic hydroxyl groups is 1. The zero-order valence-electron chi connectivity index (χ0n) is 12.3. The predicted octanol–water partition coefficient (Wildman–Crippen LogP) is 4.89. The fraction of sp³-hybridized carbons (Fsp3) is 0.294. The summed E-state index contributed by atoms with van der Waals surface area (Å²) in [4.78, 5) is 2.16. The fourth-order valence-electron chi connectivity index (χ4n) is 2.37. The van der Waals surface area contributed by atoms with Crippen molar-refractivity contribution in [3.8, 4) is 0 Å². The standard InChI is InChI=1S/C17H20BrNO/c1-11-5-7-16(12(2)9-11)19(4)17-8-6-14(13(3)20)10-15(17)18/h5-10,13,20H,1-4H3. The van der Waals surface area contributed by atoms with Crippen LogP contribution in [0.15, 0.2) is 40.9 Å². The molecule has 0 saturated heterocycles. The largest absolute Gasteiger partial charge is 0.389 e. The van der Waals surface area contributed by atoms with E-state index in [4.69, 9.17) is 0 Å². The summed E-state index contributed by atoms with van der Waals surface area (Å²) in [5.74, 6) is 0. The third-order valence-electron chi connectivity index (χ3n) is 3.53. The molecule has 2 aromatic rings. The Labute approximate surface area is 129 Å². The Hall–Kier alpha value is -1.32. The summed E-state index contributed by atoms with van der Waals surface area (Å²) < 4.78 is 0.985. The van der Waals surface area contributed by atoms with E-state index in [1.807, 2.05) is 18.2 Å². The smallest absolute Gasteiger partial charge is 0.0762 e. The minimum atomic E-state index is -0.452. The van der Waals surface area contributed by atoms with Crippen molar-refractivity contribution >= 4 is 27.3 Å². The van der Waals surface area contributed by atoms with Crippen molar-refractivity contribution in [2.75, 3.05) is 11.9 Å². The second-order valence-electron chi connectivity index (χ2n) is 5.24. The van der Waals surface area contributed by atoms with Gasteiger partial charge in [0.25, 0.3) is 0 Å². The maximum absolute atomic E-state index is 9.63. The van der Waals surface area contributed by atoms with Crippen molar-refractivity contribution < 1.29 is 5.11 Å². The van der Waals surface area contributed by atoms with E-state index in [0.717, 1.165) is 15.7 Å². The summed E-state index contributed by atoms with van der Waals surface area (Å²) in [5.41, 5.74) is 5.69. The number of hydrogen-bond acceptors (Lipinski definition) is 2. The molecule has 1 N–H and O–H groups in total. The lowest BCUT2D eigenvalue weighted by atomic mass is 10.1. The van der Waals surface area contributed by atoms with E-state index in [9.17, 15) is 5.11 Å². The number of aryl methyl sites for hydroxylation is 2. The number of hydrogen-bond donors (Lipinski definition) is 1. The molecule has 2 aromatic carbocycles. The molecule has 106 valence electrons. The minimum Gasteiger partial charge on any atom is -0.389 e. The van der Waals surface area contributed by atoms with Crippen molar-refractivity contribution in [1.29, 1.82) is 0 Å². The molecule has 0 bridgehead atoms. The number of rotatable bonds is 3. The van der Waals surface area contributed by atoms with Crippen LogP contribution in [0.5, 0.6) is 0 Å². The van der Waals surface area contributed by atoms with Gasteiger partial charge in [0, 0.05) is 17.2 Å². The molecule has 2 nitrogen and oxygen atoms in total. The van der Waals surface area contributed by atoms with Gasteiger partial charge in [-0.3, -0.25) is 0 Å². The molecule has 0 heterocycles. The van der Waals surface area contributed by atoms with Crippen molar-refractivity contribution in [3.63, 3.8) is 0 Å². The molecule has 0 fully saturated rings. The molecule has 0 aliphatic carbocycles. The summed E-state index contributed by atoms with van der Waals surface area (Å²) in [6.45, 7) is 6.00. The van der Waals surface area contributed by atoms with Crippen LogP contribution >= 0.6 is 15.9 Å². The quantitative estimate of drug-likeness (QED) is 0.864. The van der Waals surface area contributed by atoms with E-state index < -0.39 is 6.10 Å². The van der Waals surface area contributed by atoms with E-state index in [1.54, 1.807) is 6.92 Å². The van der Waals surface area contributed by atoms with E-state index in [-0.39, 0.29) is 0 Å². The first-order valence-electron chi connectivity index (χ1n) is 6.68. The van der Waals surface area contributed by atoms with Gasteiger partial charge in [-0.25, -0.2) is 0 Å². The summed E-state index contributed by atoms with van der Waals surface area (Å²) in [5, 5.41) is 9.63. The Morgan fingerprint density at radius 3 is 2.25 bits per heavy atom. The maximum Gasteiger partial charge on any atom is 0.0762 e. The molecule has 1 unspecified atom stereocenters. The van der Waals surface area contributed by atoms with E-state index in [1.165, 1.54) is 16.8 Å². The number of aliphatic hydroxyl groups excluding tert-OH is 1. The average Bonchev–Trinajstić information content (AvgIpc) is 2.37. The summed E-state index contributed by atoms with van der Waals surface area (Å²) >= 11 is 3.60. The fourth-order valence-corrected chi connectivity index (χ4v) is 3.03. The minimum absolute atomic E-state index is 0.452. The zero-order valence-corrected chi connectivity index (χ0v) is 13.9. The Balaban J connectivity index is 2.40. The van der Waals surface area contributed by atoms with Crippen molar-refractivity contribution in [3.05, 3.63) is 57.6 Å². The van der Waals surface area contributed by atoms with Crippen molar-refractivity contribution in [2.24, 2.45) is 0 Å². The van der Waals surface area contributed by atoms with Gasteiger partial charge in [0.05, 0.1) is 11.8 Å². The zero-order chi connectivity index (χ0) is 14.9. The van der Waals surface area contributed by atoms with Crippen LogP contribution in [-0.2, 0) is 0 Å². The molecule has 3 heteroatoms. The molecule has 0 amide bonds. The summed E-state index contributed by atoms with van der Waals surface area (Å²) in [6, 6.07) is 12.4. The Kier molecular flexibility index (Phi) is 4.51. The third-order valence-corrected chi connectivity index (χ3v) is 4.16. The Morgan fingerprint density at radius 2 is 1.70 bits per heavy atom. The molecule has 0 aromatic heterocycles. The molecular formula is C17H20BrNO. The second-order valence-corrected chi connectivity index (χ2v) is 6.09. The monoisotopic (exact) mass is 333 g/mol. The van der Waals surface area contributed by atoms with Gasteiger partial charge in [0.1, 0.15) is 0 Å². The van der Waals surface area contributed by atoms with Crippen LogP contribution in [0.25, 0.3) is 0 Å². The van der Waals surface area contributed by atoms with Crippen LogP contribution < -0.4 is 4.90 Å². The maximum atomic E-state index is 9.63. The first kappa shape index (κ1) is 15.1. The highest BCUT2D eigenvalue weighted by molar-refractivity contribution is 9.10. The van der Waals surface area contributed by atoms with Gasteiger partial charge in [0.2, 0.25) is 0 Å². The molecule has 0 spiro atoms. The topological polar surface area (TPSA) is 23.5 Å². The molecule has 0 aliphatic heterocycles. The van der Waals surface area contributed by atoms with Crippen LogP contribution in [0, 0.1) is 13.8 Å². The van der Waals surface area contributed by atoms with Gasteiger partial charge >= 0.3 is 0 Å². The van der Waals surface area contributed by atoms with Gasteiger partial charge in [-0.05, 0) is 66.0 Å². The van der Waals surface area contributed by atoms with Crippen LogP contribution in [0.3, 0.4) is 0 Å². The summed E-state index contributed by atoms with van der Waals surface area (Å²) in [6.07, 6.45) is -0.452. The van der Waals surface area contributed by atoms with Crippen LogP contribution in [0.2, 0.25) is 0 Å². The number of anilines is 2. The number of nitrogens with zero attached hydrogens (tertiary/aromatic N) is 1. The van der Waals surface area contributed by atoms with Gasteiger partial charge in [-0.1, -0.05) is 23.8 Å². The van der Waals surface area contributed by atoms with Gasteiger partial charge in [0.15, 0.2) is 0 Å². The van der Waals surface area contributed by atoms with Crippen LogP contribution in [0.4, 0.5) is 11.4 Å². The molecule has 2 rings (SSSR count). The van der Waals surface area contributed by atoms with Gasteiger partial charge in [-0.15, -0.1) is 0 Å². The van der Waals surface area contributed by atoms with E-state index in [2.05, 4.69) is 59.9 Å². The molecule has 20 heavy (non-hydrogen) atoms. The first-order valence-corrected chi connectivity index (χ1v) is 7.48. The lowest BCUT2D eigenvalue weighted by molar-refractivity contribution is 0.199. The predicted molar refractivity (Wildman–Crippen MR) is 88.8 cm³/mol. The van der Waals surface area contributed by atoms with E-state index >= 15 is 0 Å². The number of halogens is 1. The highest BCUT2D eigenvalue weighted by Crippen LogP contribution is 2.34. The summed E-state index contributed by atoms with van der Waals surface area (Å²) in [7, 11) is 2.06. The van der Waals surface area contributed by atoms with Gasteiger partial charge < -0.3 is 10.0 Å². The molecular weight excluding hydrogens is 314 g/mol. The first-order chi connectivity index (χ1) is 9.40. The molecule has 0 radical (unpaired) electrons. The van der Waals surface area contributed by atoms with E-state index in [0.29, 0.717) is 0 Å². The Bertz CT molecular complexity index is 622. The van der Waals surface area contributed by atoms with Crippen molar-refractivity contribution in [2.45, 2.75) is 26.9 Å². The normalized spacial score (nSPS) is 12.3. The van der Waals surface area contributed by atoms with Crippen LogP contribution in [-0.4, -0.2) is 12.2 Å². The number of benzene rings is 2. The average molecular weight is 334 g/mol. The molecule has 0 aliphatic rings. The van der Waals surface area contributed by atoms with Gasteiger partial charge in [-0.2, -0.15) is 0 Å². The molecule has 0 saturated carbocycles. The SMILES string of the molecule is Cc1ccc(N(C)c2ccc(C(C)O)cc2Br)c(C)c1. The van der Waals surface area contributed by atoms with Crippen LogP contribution in [0.1, 0.15) is 29.7 Å². The lowest BCUT2D eigenvalue weighted by Crippen LogP contribution is -2.12. The third kappa shape index (κ3) is 3.05. The lowest BCUT2D eigenvalue weighted by Gasteiger charge is -2.24. The highest BCUT2D eigenvalue weighted by Gasteiger charge is 2.12.